The van der Waals surface area contributed by atoms with Crippen molar-refractivity contribution in [3.8, 4) is 5.75 Å². The number of non-ortho nitro benzene ring substituents is 1. The number of nitro groups is 1. The van der Waals surface area contributed by atoms with E-state index >= 15 is 0 Å². The fraction of sp³-hybridized carbons (Fsp3) is 0.0833. The summed E-state index contributed by atoms with van der Waals surface area (Å²) in [4.78, 5) is 37.3. The highest BCUT2D eigenvalue weighted by atomic mass is 79.9. The summed E-state index contributed by atoms with van der Waals surface area (Å²) in [5, 5.41) is 11.1. The number of carbonyl (C=O) groups is 2. The molecule has 2 amide bonds. The molecule has 0 atom stereocenters. The van der Waals surface area contributed by atoms with E-state index in [1.165, 1.54) is 12.1 Å². The Labute approximate surface area is 222 Å². The second-order valence-corrected chi connectivity index (χ2v) is 10.1. The minimum Gasteiger partial charge on any atom is -0.488 e. The van der Waals surface area contributed by atoms with Gasteiger partial charge >= 0.3 is 0 Å². The van der Waals surface area contributed by atoms with Crippen molar-refractivity contribution in [1.29, 1.82) is 0 Å². The third-order valence-corrected chi connectivity index (χ3v) is 7.16. The Hall–Kier alpha value is -2.85. The first-order valence-electron chi connectivity index (χ1n) is 10.1. The molecule has 0 aromatic heterocycles. The van der Waals surface area contributed by atoms with Gasteiger partial charge in [-0.3, -0.25) is 24.6 Å². The maximum atomic E-state index is 13.0. The predicted octanol–water partition coefficient (Wildman–Crippen LogP) is 7.48. The molecule has 1 heterocycles. The summed E-state index contributed by atoms with van der Waals surface area (Å²) in [6.45, 7) is 0.120. The van der Waals surface area contributed by atoms with E-state index in [0.29, 0.717) is 26.9 Å². The number of thioether (sulfide) groups is 1. The Kier molecular flexibility index (Phi) is 7.81. The zero-order chi connectivity index (χ0) is 25.1. The lowest BCUT2D eigenvalue weighted by molar-refractivity contribution is -0.384. The molecule has 1 fully saturated rings. The Bertz CT molecular complexity index is 1340. The molecule has 1 aliphatic rings. The molecular formula is C24H15BrCl2N2O5S. The molecule has 178 valence electrons. The van der Waals surface area contributed by atoms with Crippen molar-refractivity contribution in [3.63, 3.8) is 0 Å². The van der Waals surface area contributed by atoms with Crippen LogP contribution >= 0.6 is 50.9 Å². The normalized spacial score (nSPS) is 14.6. The van der Waals surface area contributed by atoms with Crippen LogP contribution in [0.15, 0.2) is 70.0 Å². The standard InChI is InChI=1S/C24H15BrCl2N2O5S/c25-16-6-9-21(34-13-14-4-7-17(8-5-14)29(32)33)15(10-16)11-22-23(30)28(24(31)35-22)12-18-19(26)2-1-3-20(18)27/h1-11H,12-13H2/b22-11-. The van der Waals surface area contributed by atoms with Gasteiger partial charge in [-0.15, -0.1) is 0 Å². The van der Waals surface area contributed by atoms with Crippen LogP contribution < -0.4 is 4.74 Å². The minimum absolute atomic E-state index is 0.00752. The van der Waals surface area contributed by atoms with Gasteiger partial charge < -0.3 is 4.74 Å². The molecule has 3 aromatic carbocycles. The third kappa shape index (κ3) is 5.87. The molecule has 11 heteroatoms. The lowest BCUT2D eigenvalue weighted by Crippen LogP contribution is -2.27. The van der Waals surface area contributed by atoms with Crippen LogP contribution in [0, 0.1) is 10.1 Å². The van der Waals surface area contributed by atoms with Crippen LogP contribution in [0.3, 0.4) is 0 Å². The summed E-state index contributed by atoms with van der Waals surface area (Å²) in [5.41, 5.74) is 1.81. The maximum Gasteiger partial charge on any atom is 0.293 e. The van der Waals surface area contributed by atoms with Crippen LogP contribution in [-0.2, 0) is 17.9 Å². The molecule has 0 bridgehead atoms. The van der Waals surface area contributed by atoms with Crippen molar-refractivity contribution in [2.24, 2.45) is 0 Å². The lowest BCUT2D eigenvalue weighted by Gasteiger charge is -2.15. The lowest BCUT2D eigenvalue weighted by atomic mass is 10.1. The van der Waals surface area contributed by atoms with Gasteiger partial charge in [0.05, 0.1) is 16.4 Å². The summed E-state index contributed by atoms with van der Waals surface area (Å²) >= 11 is 16.6. The van der Waals surface area contributed by atoms with E-state index in [1.807, 2.05) is 0 Å². The number of nitrogens with zero attached hydrogens (tertiary/aromatic N) is 2. The second-order valence-electron chi connectivity index (χ2n) is 7.36. The quantitative estimate of drug-likeness (QED) is 0.160. The van der Waals surface area contributed by atoms with Crippen molar-refractivity contribution in [3.05, 3.63) is 107 Å². The van der Waals surface area contributed by atoms with E-state index < -0.39 is 16.1 Å². The third-order valence-electron chi connectivity index (χ3n) is 5.05. The van der Waals surface area contributed by atoms with Gasteiger partial charge in [0, 0.05) is 37.8 Å². The zero-order valence-corrected chi connectivity index (χ0v) is 21.7. The van der Waals surface area contributed by atoms with Gasteiger partial charge in [0.1, 0.15) is 12.4 Å². The first-order valence-corrected chi connectivity index (χ1v) is 12.4. The number of nitro benzene ring substituents is 1. The molecule has 1 saturated heterocycles. The molecule has 0 aliphatic carbocycles. The summed E-state index contributed by atoms with van der Waals surface area (Å²) in [6, 6.07) is 16.3. The van der Waals surface area contributed by atoms with E-state index in [-0.39, 0.29) is 23.7 Å². The fourth-order valence-corrected chi connectivity index (χ4v) is 4.98. The molecule has 0 N–H and O–H groups in total. The zero-order valence-electron chi connectivity index (χ0n) is 17.7. The smallest absolute Gasteiger partial charge is 0.293 e. The number of imide groups is 1. The molecule has 35 heavy (non-hydrogen) atoms. The number of hydrogen-bond donors (Lipinski definition) is 0. The molecule has 4 rings (SSSR count). The molecule has 0 radical (unpaired) electrons. The summed E-state index contributed by atoms with van der Waals surface area (Å²) < 4.78 is 6.67. The number of rotatable bonds is 7. The van der Waals surface area contributed by atoms with Crippen molar-refractivity contribution >= 4 is 73.8 Å². The number of benzene rings is 3. The van der Waals surface area contributed by atoms with Crippen LogP contribution in [0.4, 0.5) is 10.5 Å². The van der Waals surface area contributed by atoms with Crippen molar-refractivity contribution in [1.82, 2.24) is 4.90 Å². The molecule has 0 unspecified atom stereocenters. The van der Waals surface area contributed by atoms with Crippen LogP contribution in [0.25, 0.3) is 6.08 Å². The molecule has 0 spiro atoms. The van der Waals surface area contributed by atoms with E-state index in [2.05, 4.69) is 15.9 Å². The van der Waals surface area contributed by atoms with E-state index in [1.54, 1.807) is 54.6 Å². The van der Waals surface area contributed by atoms with Crippen molar-refractivity contribution in [2.45, 2.75) is 13.2 Å². The Morgan fingerprint density at radius 2 is 1.74 bits per heavy atom. The highest BCUT2D eigenvalue weighted by Gasteiger charge is 2.36. The average Bonchev–Trinajstić information content (AvgIpc) is 3.08. The van der Waals surface area contributed by atoms with E-state index in [0.717, 1.165) is 26.7 Å². The van der Waals surface area contributed by atoms with Crippen LogP contribution in [0.5, 0.6) is 5.75 Å². The van der Waals surface area contributed by atoms with Crippen molar-refractivity contribution in [2.75, 3.05) is 0 Å². The predicted molar refractivity (Wildman–Crippen MR) is 140 cm³/mol. The molecule has 1 aliphatic heterocycles. The molecule has 0 saturated carbocycles. The van der Waals surface area contributed by atoms with E-state index in [4.69, 9.17) is 27.9 Å². The SMILES string of the molecule is O=C1S/C(=C\c2cc(Br)ccc2OCc2ccc([N+](=O)[O-])cc2)C(=O)N1Cc1c(Cl)cccc1Cl. The van der Waals surface area contributed by atoms with Crippen LogP contribution in [-0.4, -0.2) is 21.0 Å². The first-order chi connectivity index (χ1) is 16.7. The largest absolute Gasteiger partial charge is 0.488 e. The monoisotopic (exact) mass is 592 g/mol. The number of carbonyl (C=O) groups excluding carboxylic acids is 2. The van der Waals surface area contributed by atoms with Crippen LogP contribution in [0.2, 0.25) is 10.0 Å². The molecule has 3 aromatic rings. The Balaban J connectivity index is 1.55. The van der Waals surface area contributed by atoms with Gasteiger partial charge in [0.15, 0.2) is 0 Å². The van der Waals surface area contributed by atoms with Crippen LogP contribution in [0.1, 0.15) is 16.7 Å². The summed E-state index contributed by atoms with van der Waals surface area (Å²) in [6.07, 6.45) is 1.59. The Morgan fingerprint density at radius 1 is 1.06 bits per heavy atom. The number of ether oxygens (including phenoxy) is 1. The van der Waals surface area contributed by atoms with E-state index in [9.17, 15) is 19.7 Å². The Morgan fingerprint density at radius 3 is 2.40 bits per heavy atom. The van der Waals surface area contributed by atoms with Gasteiger partial charge in [0.25, 0.3) is 16.8 Å². The summed E-state index contributed by atoms with van der Waals surface area (Å²) in [5.74, 6) is 0.0183. The van der Waals surface area contributed by atoms with Gasteiger partial charge in [-0.1, -0.05) is 45.2 Å². The fourth-order valence-electron chi connectivity index (χ4n) is 3.26. The number of hydrogen-bond acceptors (Lipinski definition) is 6. The van der Waals surface area contributed by atoms with Gasteiger partial charge in [-0.05, 0) is 65.9 Å². The van der Waals surface area contributed by atoms with Gasteiger partial charge in [-0.2, -0.15) is 0 Å². The highest BCUT2D eigenvalue weighted by Crippen LogP contribution is 2.37. The van der Waals surface area contributed by atoms with Crippen molar-refractivity contribution < 1.29 is 19.2 Å². The first kappa shape index (κ1) is 25.2. The second kappa shape index (κ2) is 10.8. The topological polar surface area (TPSA) is 89.7 Å². The summed E-state index contributed by atoms with van der Waals surface area (Å²) in [7, 11) is 0. The van der Waals surface area contributed by atoms with Gasteiger partial charge in [0.2, 0.25) is 0 Å². The highest BCUT2D eigenvalue weighted by molar-refractivity contribution is 9.10. The molecular weight excluding hydrogens is 579 g/mol. The number of amides is 2. The average molecular weight is 594 g/mol. The maximum absolute atomic E-state index is 13.0. The number of halogens is 3. The van der Waals surface area contributed by atoms with Gasteiger partial charge in [-0.25, -0.2) is 0 Å². The molecule has 7 nitrogen and oxygen atoms in total. The minimum atomic E-state index is -0.468.